The van der Waals surface area contributed by atoms with Gasteiger partial charge in [-0.05, 0) is 31.9 Å². The summed E-state index contributed by atoms with van der Waals surface area (Å²) in [5, 5.41) is 3.26. The minimum absolute atomic E-state index is 0.301. The lowest BCUT2D eigenvalue weighted by Gasteiger charge is -2.27. The predicted molar refractivity (Wildman–Crippen MR) is 71.6 cm³/mol. The molecule has 0 spiro atoms. The van der Waals surface area contributed by atoms with Crippen molar-refractivity contribution >= 4 is 17.2 Å². The molecule has 1 aliphatic heterocycles. The van der Waals surface area contributed by atoms with Crippen LogP contribution in [0.15, 0.2) is 6.07 Å². The quantitative estimate of drug-likeness (QED) is 0.888. The number of piperazine rings is 1. The van der Waals surface area contributed by atoms with E-state index in [4.69, 9.17) is 0 Å². The summed E-state index contributed by atoms with van der Waals surface area (Å²) >= 11 is 1.82. The van der Waals surface area contributed by atoms with Gasteiger partial charge in [0.25, 0.3) is 0 Å². The summed E-state index contributed by atoms with van der Waals surface area (Å²) < 4.78 is 0. The molecule has 0 bridgehead atoms. The van der Waals surface area contributed by atoms with Crippen LogP contribution in [0.4, 0.5) is 0 Å². The van der Waals surface area contributed by atoms with E-state index in [1.807, 2.05) is 16.2 Å². The number of hydrogen-bond donors (Lipinski definition) is 1. The molecular weight excluding hydrogens is 232 g/mol. The van der Waals surface area contributed by atoms with Gasteiger partial charge in [0.05, 0.1) is 0 Å². The number of nitrogens with zero attached hydrogens (tertiary/aromatic N) is 1. The van der Waals surface area contributed by atoms with Crippen molar-refractivity contribution in [3.63, 3.8) is 0 Å². The fourth-order valence-electron chi connectivity index (χ4n) is 2.25. The molecule has 2 rings (SSSR count). The first-order valence-corrected chi connectivity index (χ1v) is 7.03. The third-order valence-corrected chi connectivity index (χ3v) is 4.23. The van der Waals surface area contributed by atoms with Gasteiger partial charge in [0, 0.05) is 42.4 Å². The number of amides is 1. The molecule has 0 saturated carbocycles. The minimum Gasteiger partial charge on any atom is -0.340 e. The van der Waals surface area contributed by atoms with Crippen LogP contribution in [-0.4, -0.2) is 37.0 Å². The van der Waals surface area contributed by atoms with E-state index in [1.54, 1.807) is 0 Å². The second kappa shape index (κ2) is 5.65. The molecule has 2 heterocycles. The van der Waals surface area contributed by atoms with Gasteiger partial charge in [-0.2, -0.15) is 0 Å². The molecule has 0 atom stereocenters. The van der Waals surface area contributed by atoms with Crippen molar-refractivity contribution in [2.45, 2.75) is 26.7 Å². The molecule has 1 saturated heterocycles. The molecule has 1 amide bonds. The van der Waals surface area contributed by atoms with Gasteiger partial charge in [-0.1, -0.05) is 0 Å². The number of nitrogens with one attached hydrogen (secondary N) is 1. The molecule has 3 nitrogen and oxygen atoms in total. The average Bonchev–Trinajstić information content (AvgIpc) is 2.66. The summed E-state index contributed by atoms with van der Waals surface area (Å²) in [4.78, 5) is 16.7. The van der Waals surface area contributed by atoms with E-state index in [9.17, 15) is 4.79 Å². The first kappa shape index (κ1) is 12.6. The van der Waals surface area contributed by atoms with Crippen molar-refractivity contribution in [3.8, 4) is 0 Å². The average molecular weight is 252 g/mol. The maximum absolute atomic E-state index is 12.0. The van der Waals surface area contributed by atoms with Gasteiger partial charge in [-0.15, -0.1) is 11.3 Å². The van der Waals surface area contributed by atoms with Crippen molar-refractivity contribution in [1.82, 2.24) is 10.2 Å². The van der Waals surface area contributed by atoms with E-state index < -0.39 is 0 Å². The Morgan fingerprint density at radius 1 is 1.41 bits per heavy atom. The van der Waals surface area contributed by atoms with E-state index in [2.05, 4.69) is 25.2 Å². The van der Waals surface area contributed by atoms with Gasteiger partial charge >= 0.3 is 0 Å². The van der Waals surface area contributed by atoms with Crippen molar-refractivity contribution in [3.05, 3.63) is 21.4 Å². The predicted octanol–water partition coefficient (Wildman–Crippen LogP) is 1.73. The highest BCUT2D eigenvalue weighted by Gasteiger charge is 2.16. The van der Waals surface area contributed by atoms with Crippen LogP contribution >= 0.6 is 11.3 Å². The van der Waals surface area contributed by atoms with Gasteiger partial charge in [0.15, 0.2) is 0 Å². The lowest BCUT2D eigenvalue weighted by Crippen LogP contribution is -2.46. The second-order valence-electron chi connectivity index (χ2n) is 4.57. The Morgan fingerprint density at radius 3 is 2.71 bits per heavy atom. The molecule has 1 fully saturated rings. The second-order valence-corrected chi connectivity index (χ2v) is 6.03. The Hall–Kier alpha value is -0.870. The van der Waals surface area contributed by atoms with Crippen molar-refractivity contribution in [2.75, 3.05) is 26.2 Å². The number of rotatable bonds is 3. The zero-order valence-corrected chi connectivity index (χ0v) is 11.4. The topological polar surface area (TPSA) is 32.3 Å². The first-order chi connectivity index (χ1) is 8.16. The van der Waals surface area contributed by atoms with E-state index in [-0.39, 0.29) is 0 Å². The molecule has 1 aliphatic rings. The summed E-state index contributed by atoms with van der Waals surface area (Å²) in [5.41, 5.74) is 1.34. The maximum Gasteiger partial charge on any atom is 0.222 e. The van der Waals surface area contributed by atoms with Crippen LogP contribution < -0.4 is 5.32 Å². The summed E-state index contributed by atoms with van der Waals surface area (Å²) in [7, 11) is 0. The SMILES string of the molecule is Cc1cc(CCC(=O)N2CCNCC2)c(C)s1. The summed E-state index contributed by atoms with van der Waals surface area (Å²) in [5.74, 6) is 0.301. The van der Waals surface area contributed by atoms with Crippen molar-refractivity contribution in [2.24, 2.45) is 0 Å². The standard InChI is InChI=1S/C13H20N2OS/c1-10-9-12(11(2)17-10)3-4-13(16)15-7-5-14-6-8-15/h9,14H,3-8H2,1-2H3. The largest absolute Gasteiger partial charge is 0.340 e. The normalized spacial score (nSPS) is 16.2. The fraction of sp³-hybridized carbons (Fsp3) is 0.615. The molecule has 0 aromatic carbocycles. The molecular formula is C13H20N2OS. The van der Waals surface area contributed by atoms with E-state index in [0.29, 0.717) is 12.3 Å². The Bertz CT molecular complexity index is 394. The molecule has 0 radical (unpaired) electrons. The highest BCUT2D eigenvalue weighted by molar-refractivity contribution is 7.12. The third-order valence-electron chi connectivity index (χ3n) is 3.22. The monoisotopic (exact) mass is 252 g/mol. The van der Waals surface area contributed by atoms with E-state index in [1.165, 1.54) is 15.3 Å². The van der Waals surface area contributed by atoms with Crippen LogP contribution in [0.2, 0.25) is 0 Å². The Kier molecular flexibility index (Phi) is 4.18. The summed E-state index contributed by atoms with van der Waals surface area (Å²) in [6.07, 6.45) is 1.54. The van der Waals surface area contributed by atoms with Gasteiger partial charge in [0.2, 0.25) is 5.91 Å². The maximum atomic E-state index is 12.0. The fourth-order valence-corrected chi connectivity index (χ4v) is 3.22. The number of aryl methyl sites for hydroxylation is 3. The Balaban J connectivity index is 1.85. The molecule has 0 aliphatic carbocycles. The third kappa shape index (κ3) is 3.30. The zero-order valence-electron chi connectivity index (χ0n) is 10.6. The van der Waals surface area contributed by atoms with Gasteiger partial charge in [0.1, 0.15) is 0 Å². The van der Waals surface area contributed by atoms with Gasteiger partial charge in [-0.3, -0.25) is 4.79 Å². The smallest absolute Gasteiger partial charge is 0.222 e. The van der Waals surface area contributed by atoms with Crippen molar-refractivity contribution < 1.29 is 4.79 Å². The van der Waals surface area contributed by atoms with Crippen LogP contribution in [0.3, 0.4) is 0 Å². The lowest BCUT2D eigenvalue weighted by atomic mass is 10.1. The van der Waals surface area contributed by atoms with Gasteiger partial charge < -0.3 is 10.2 Å². The number of hydrogen-bond acceptors (Lipinski definition) is 3. The highest BCUT2D eigenvalue weighted by Crippen LogP contribution is 2.21. The van der Waals surface area contributed by atoms with E-state index >= 15 is 0 Å². The zero-order chi connectivity index (χ0) is 12.3. The molecule has 1 N–H and O–H groups in total. The molecule has 0 unspecified atom stereocenters. The molecule has 1 aromatic heterocycles. The number of carbonyl (C=O) groups is 1. The Morgan fingerprint density at radius 2 is 2.12 bits per heavy atom. The van der Waals surface area contributed by atoms with Crippen LogP contribution in [0.25, 0.3) is 0 Å². The lowest BCUT2D eigenvalue weighted by molar-refractivity contribution is -0.131. The van der Waals surface area contributed by atoms with Gasteiger partial charge in [-0.25, -0.2) is 0 Å². The van der Waals surface area contributed by atoms with Crippen LogP contribution in [-0.2, 0) is 11.2 Å². The van der Waals surface area contributed by atoms with Crippen LogP contribution in [0.1, 0.15) is 21.7 Å². The molecule has 1 aromatic rings. The number of carbonyl (C=O) groups excluding carboxylic acids is 1. The minimum atomic E-state index is 0.301. The van der Waals surface area contributed by atoms with E-state index in [0.717, 1.165) is 32.6 Å². The first-order valence-electron chi connectivity index (χ1n) is 6.21. The molecule has 94 valence electrons. The number of thiophene rings is 1. The molecule has 4 heteroatoms. The van der Waals surface area contributed by atoms with Crippen LogP contribution in [0.5, 0.6) is 0 Å². The molecule has 17 heavy (non-hydrogen) atoms. The summed E-state index contributed by atoms with van der Waals surface area (Å²) in [6, 6.07) is 2.21. The van der Waals surface area contributed by atoms with Crippen LogP contribution in [0, 0.1) is 13.8 Å². The highest BCUT2D eigenvalue weighted by atomic mass is 32.1. The van der Waals surface area contributed by atoms with Crippen molar-refractivity contribution in [1.29, 1.82) is 0 Å². The summed E-state index contributed by atoms with van der Waals surface area (Å²) in [6.45, 7) is 7.85. The Labute approximate surface area is 107 Å².